The zero-order valence-corrected chi connectivity index (χ0v) is 16.8. The molecule has 152 valence electrons. The van der Waals surface area contributed by atoms with E-state index in [1.54, 1.807) is 54.7 Å². The minimum absolute atomic E-state index is 0.325. The topological polar surface area (TPSA) is 101 Å². The lowest BCUT2D eigenvalue weighted by Gasteiger charge is -2.12. The Balaban J connectivity index is 1.89. The van der Waals surface area contributed by atoms with E-state index in [0.717, 1.165) is 6.08 Å². The van der Waals surface area contributed by atoms with Gasteiger partial charge in [0.25, 0.3) is 11.8 Å². The largest absolute Gasteiger partial charge is 0.457 e. The number of hydroxylamine groups is 1. The normalized spacial score (nSPS) is 10.6. The molecule has 0 radical (unpaired) electrons. The SMILES string of the molecule is O=C(/C=C/c1cc(NC(=O)c2cccnc2)ccc1Oc1ccc(Cl)c(Cl)c1)NO. The van der Waals surface area contributed by atoms with Crippen LogP contribution < -0.4 is 15.5 Å². The summed E-state index contributed by atoms with van der Waals surface area (Å²) in [5, 5.41) is 12.2. The van der Waals surface area contributed by atoms with E-state index in [0.29, 0.717) is 38.4 Å². The third-order valence-electron chi connectivity index (χ3n) is 3.83. The molecule has 0 aliphatic rings. The van der Waals surface area contributed by atoms with Gasteiger partial charge in [-0.15, -0.1) is 0 Å². The number of halogens is 2. The molecule has 0 unspecified atom stereocenters. The molecule has 3 aromatic rings. The molecule has 2 amide bonds. The van der Waals surface area contributed by atoms with E-state index in [4.69, 9.17) is 33.1 Å². The first-order valence-electron chi connectivity index (χ1n) is 8.57. The lowest BCUT2D eigenvalue weighted by Crippen LogP contribution is -2.14. The molecule has 1 heterocycles. The molecule has 0 saturated carbocycles. The van der Waals surface area contributed by atoms with Crippen LogP contribution in [-0.4, -0.2) is 22.0 Å². The van der Waals surface area contributed by atoms with Gasteiger partial charge >= 0.3 is 0 Å². The Morgan fingerprint density at radius 2 is 1.90 bits per heavy atom. The molecule has 0 spiro atoms. The van der Waals surface area contributed by atoms with Crippen LogP contribution in [0.25, 0.3) is 6.08 Å². The van der Waals surface area contributed by atoms with Gasteiger partial charge in [0.15, 0.2) is 0 Å². The zero-order valence-electron chi connectivity index (χ0n) is 15.3. The van der Waals surface area contributed by atoms with Gasteiger partial charge in [0, 0.05) is 35.8 Å². The van der Waals surface area contributed by atoms with Crippen molar-refractivity contribution in [1.29, 1.82) is 0 Å². The molecule has 7 nitrogen and oxygen atoms in total. The minimum atomic E-state index is -0.722. The summed E-state index contributed by atoms with van der Waals surface area (Å²) in [7, 11) is 0. The predicted octanol–water partition coefficient (Wildman–Crippen LogP) is 4.95. The highest BCUT2D eigenvalue weighted by molar-refractivity contribution is 6.42. The number of carbonyl (C=O) groups excluding carboxylic acids is 2. The van der Waals surface area contributed by atoms with Crippen LogP contribution in [0, 0.1) is 0 Å². The summed E-state index contributed by atoms with van der Waals surface area (Å²) in [5.74, 6) is -0.253. The summed E-state index contributed by atoms with van der Waals surface area (Å²) >= 11 is 11.9. The van der Waals surface area contributed by atoms with Crippen LogP contribution >= 0.6 is 23.2 Å². The van der Waals surface area contributed by atoms with Gasteiger partial charge in [0.2, 0.25) is 0 Å². The molecule has 2 aromatic carbocycles. The van der Waals surface area contributed by atoms with Crippen molar-refractivity contribution in [3.8, 4) is 11.5 Å². The van der Waals surface area contributed by atoms with Crippen molar-refractivity contribution >= 4 is 46.8 Å². The standard InChI is InChI=1S/C21H15Cl2N3O4/c22-17-6-5-16(11-18(17)23)30-19-7-4-15(10-13(19)3-8-20(27)26-29)25-21(28)14-2-1-9-24-12-14/h1-12,29H,(H,25,28)(H,26,27)/b8-3+. The van der Waals surface area contributed by atoms with Crippen LogP contribution in [0.2, 0.25) is 10.0 Å². The fourth-order valence-corrected chi connectivity index (χ4v) is 2.71. The molecule has 3 N–H and O–H groups in total. The second kappa shape index (κ2) is 9.89. The molecule has 0 atom stereocenters. The van der Waals surface area contributed by atoms with E-state index in [2.05, 4.69) is 10.3 Å². The third-order valence-corrected chi connectivity index (χ3v) is 4.57. The second-order valence-electron chi connectivity index (χ2n) is 5.94. The number of anilines is 1. The van der Waals surface area contributed by atoms with Crippen molar-refractivity contribution in [2.24, 2.45) is 0 Å². The van der Waals surface area contributed by atoms with E-state index in [1.165, 1.54) is 17.8 Å². The fourth-order valence-electron chi connectivity index (χ4n) is 2.42. The Morgan fingerprint density at radius 3 is 2.60 bits per heavy atom. The van der Waals surface area contributed by atoms with Gasteiger partial charge in [-0.2, -0.15) is 0 Å². The average molecular weight is 444 g/mol. The van der Waals surface area contributed by atoms with E-state index in [-0.39, 0.29) is 5.91 Å². The monoisotopic (exact) mass is 443 g/mol. The Morgan fingerprint density at radius 1 is 1.07 bits per heavy atom. The van der Waals surface area contributed by atoms with Gasteiger partial charge < -0.3 is 10.1 Å². The van der Waals surface area contributed by atoms with Crippen molar-refractivity contribution in [2.75, 3.05) is 5.32 Å². The van der Waals surface area contributed by atoms with Gasteiger partial charge in [0.1, 0.15) is 11.5 Å². The number of carbonyl (C=O) groups is 2. The van der Waals surface area contributed by atoms with Gasteiger partial charge in [-0.3, -0.25) is 19.8 Å². The molecule has 0 aliphatic carbocycles. The first-order valence-corrected chi connectivity index (χ1v) is 9.32. The summed E-state index contributed by atoms with van der Waals surface area (Å²) in [6.45, 7) is 0. The highest BCUT2D eigenvalue weighted by atomic mass is 35.5. The number of aromatic nitrogens is 1. The first kappa shape index (κ1) is 21.3. The Hall–Kier alpha value is -3.39. The quantitative estimate of drug-likeness (QED) is 0.284. The summed E-state index contributed by atoms with van der Waals surface area (Å²) in [6.07, 6.45) is 5.56. The fraction of sp³-hybridized carbons (Fsp3) is 0. The number of hydrogen-bond donors (Lipinski definition) is 3. The summed E-state index contributed by atoms with van der Waals surface area (Å²) in [4.78, 5) is 27.7. The van der Waals surface area contributed by atoms with Crippen LogP contribution in [0.15, 0.2) is 67.0 Å². The Labute approximate surface area is 181 Å². The minimum Gasteiger partial charge on any atom is -0.457 e. The van der Waals surface area contributed by atoms with Crippen LogP contribution in [0.5, 0.6) is 11.5 Å². The van der Waals surface area contributed by atoms with Crippen LogP contribution in [-0.2, 0) is 4.79 Å². The number of nitrogens with zero attached hydrogens (tertiary/aromatic N) is 1. The molecule has 1 aromatic heterocycles. The van der Waals surface area contributed by atoms with Crippen molar-refractivity contribution in [2.45, 2.75) is 0 Å². The maximum absolute atomic E-state index is 12.4. The maximum atomic E-state index is 12.4. The Kier molecular flexibility index (Phi) is 7.03. The molecule has 0 bridgehead atoms. The van der Waals surface area contributed by atoms with Gasteiger partial charge in [-0.05, 0) is 48.5 Å². The number of amides is 2. The third kappa shape index (κ3) is 5.57. The molecular weight excluding hydrogens is 429 g/mol. The number of pyridine rings is 1. The summed E-state index contributed by atoms with van der Waals surface area (Å²) < 4.78 is 5.84. The average Bonchev–Trinajstić information content (AvgIpc) is 2.76. The molecule has 0 fully saturated rings. The van der Waals surface area contributed by atoms with Crippen LogP contribution in [0.4, 0.5) is 5.69 Å². The van der Waals surface area contributed by atoms with E-state index in [9.17, 15) is 9.59 Å². The predicted molar refractivity (Wildman–Crippen MR) is 114 cm³/mol. The molecule has 0 aliphatic heterocycles. The Bertz CT molecular complexity index is 1100. The molecular formula is C21H15Cl2N3O4. The van der Waals surface area contributed by atoms with Crippen LogP contribution in [0.1, 0.15) is 15.9 Å². The lowest BCUT2D eigenvalue weighted by atomic mass is 10.1. The summed E-state index contributed by atoms with van der Waals surface area (Å²) in [5.41, 5.74) is 2.84. The van der Waals surface area contributed by atoms with Gasteiger partial charge in [-0.1, -0.05) is 23.2 Å². The molecule has 0 saturated heterocycles. The van der Waals surface area contributed by atoms with Crippen LogP contribution in [0.3, 0.4) is 0 Å². The number of ether oxygens (including phenoxy) is 1. The number of rotatable bonds is 6. The van der Waals surface area contributed by atoms with E-state index in [1.807, 2.05) is 0 Å². The van der Waals surface area contributed by atoms with Crippen molar-refractivity contribution in [1.82, 2.24) is 10.5 Å². The van der Waals surface area contributed by atoms with Gasteiger partial charge in [-0.25, -0.2) is 5.48 Å². The number of benzene rings is 2. The van der Waals surface area contributed by atoms with Crippen molar-refractivity contribution in [3.63, 3.8) is 0 Å². The first-order chi connectivity index (χ1) is 14.5. The van der Waals surface area contributed by atoms with Crippen molar-refractivity contribution < 1.29 is 19.5 Å². The molecule has 3 rings (SSSR count). The number of hydrogen-bond acceptors (Lipinski definition) is 5. The smallest absolute Gasteiger partial charge is 0.267 e. The highest BCUT2D eigenvalue weighted by Gasteiger charge is 2.10. The second-order valence-corrected chi connectivity index (χ2v) is 6.75. The summed E-state index contributed by atoms with van der Waals surface area (Å²) in [6, 6.07) is 13.0. The molecule has 30 heavy (non-hydrogen) atoms. The van der Waals surface area contributed by atoms with E-state index >= 15 is 0 Å². The molecule has 9 heteroatoms. The maximum Gasteiger partial charge on any atom is 0.267 e. The van der Waals surface area contributed by atoms with Crippen molar-refractivity contribution in [3.05, 3.63) is 88.2 Å². The lowest BCUT2D eigenvalue weighted by molar-refractivity contribution is -0.124. The van der Waals surface area contributed by atoms with Gasteiger partial charge in [0.05, 0.1) is 15.6 Å². The highest BCUT2D eigenvalue weighted by Crippen LogP contribution is 2.32. The number of nitrogens with one attached hydrogen (secondary N) is 2. The zero-order chi connectivity index (χ0) is 21.5. The van der Waals surface area contributed by atoms with E-state index < -0.39 is 5.91 Å².